The summed E-state index contributed by atoms with van der Waals surface area (Å²) in [5.41, 5.74) is 2.82. The fourth-order valence-electron chi connectivity index (χ4n) is 5.90. The van der Waals surface area contributed by atoms with E-state index in [9.17, 15) is 4.79 Å². The van der Waals surface area contributed by atoms with Gasteiger partial charge in [-0.2, -0.15) is 0 Å². The summed E-state index contributed by atoms with van der Waals surface area (Å²) in [5, 5.41) is 0. The molecule has 0 spiro atoms. The van der Waals surface area contributed by atoms with Gasteiger partial charge in [0.1, 0.15) is 6.10 Å². The van der Waals surface area contributed by atoms with Crippen molar-refractivity contribution in [2.75, 3.05) is 6.61 Å². The Balaban J connectivity index is 1.74. The van der Waals surface area contributed by atoms with Crippen molar-refractivity contribution in [3.8, 4) is 0 Å². The molecule has 1 aromatic rings. The molecule has 0 bridgehead atoms. The molecular weight excluding hydrogens is 380 g/mol. The van der Waals surface area contributed by atoms with E-state index in [1.54, 1.807) is 0 Å². The fraction of sp³-hybridized carbons (Fsp3) is 0.708. The molecule has 1 aliphatic heterocycles. The number of fused-ring (bicyclic) bond motifs is 1. The molecular formula is C24H38O4Si. The van der Waals surface area contributed by atoms with Gasteiger partial charge in [0.2, 0.25) is 0 Å². The number of hydrogen-bond donors (Lipinski definition) is 0. The first-order chi connectivity index (χ1) is 13.8. The number of rotatable bonds is 9. The van der Waals surface area contributed by atoms with Crippen LogP contribution in [0.15, 0.2) is 30.3 Å². The molecule has 2 aliphatic rings. The molecule has 2 fully saturated rings. The molecule has 0 N–H and O–H groups in total. The molecule has 1 saturated heterocycles. The molecule has 0 radical (unpaired) electrons. The molecule has 1 saturated carbocycles. The topological polar surface area (TPSA) is 44.8 Å². The molecule has 3 rings (SSSR count). The predicted octanol–water partition coefficient (Wildman–Crippen LogP) is 5.72. The Hall–Kier alpha value is -1.17. The molecule has 0 aromatic heterocycles. The zero-order chi connectivity index (χ0) is 21.2. The van der Waals surface area contributed by atoms with Gasteiger partial charge in [-0.05, 0) is 22.2 Å². The maximum atomic E-state index is 11.9. The smallest absolute Gasteiger partial charge is 0.306 e. The average molecular weight is 419 g/mol. The number of carbonyl (C=O) groups excluding carboxylic acids is 1. The summed E-state index contributed by atoms with van der Waals surface area (Å²) in [4.78, 5) is 11.9. The Morgan fingerprint density at radius 1 is 1.03 bits per heavy atom. The van der Waals surface area contributed by atoms with Gasteiger partial charge in [0.15, 0.2) is 8.32 Å². The number of carbonyl (C=O) groups is 1. The van der Waals surface area contributed by atoms with Crippen LogP contribution in [0.1, 0.15) is 59.9 Å². The van der Waals surface area contributed by atoms with Crippen LogP contribution in [-0.4, -0.2) is 33.1 Å². The third kappa shape index (κ3) is 4.62. The maximum Gasteiger partial charge on any atom is 0.306 e. The van der Waals surface area contributed by atoms with Crippen molar-refractivity contribution in [1.82, 2.24) is 0 Å². The molecule has 4 unspecified atom stereocenters. The summed E-state index contributed by atoms with van der Waals surface area (Å²) in [6.45, 7) is 15.2. The molecule has 162 valence electrons. The lowest BCUT2D eigenvalue weighted by Gasteiger charge is -2.43. The van der Waals surface area contributed by atoms with E-state index in [1.165, 1.54) is 5.56 Å². The van der Waals surface area contributed by atoms with Gasteiger partial charge in [-0.3, -0.25) is 4.79 Å². The minimum Gasteiger partial charge on any atom is -0.462 e. The lowest BCUT2D eigenvalue weighted by molar-refractivity contribution is -0.142. The Morgan fingerprint density at radius 2 is 1.66 bits per heavy atom. The highest BCUT2D eigenvalue weighted by atomic mass is 28.4. The van der Waals surface area contributed by atoms with Gasteiger partial charge in [0, 0.05) is 24.9 Å². The van der Waals surface area contributed by atoms with Crippen LogP contribution >= 0.6 is 0 Å². The second-order valence-corrected chi connectivity index (χ2v) is 15.2. The normalized spacial score (nSPS) is 27.1. The minimum atomic E-state index is -1.95. The van der Waals surface area contributed by atoms with Crippen LogP contribution in [0.25, 0.3) is 0 Å². The van der Waals surface area contributed by atoms with Crippen molar-refractivity contribution < 1.29 is 18.7 Å². The summed E-state index contributed by atoms with van der Waals surface area (Å²) in [6.07, 6.45) is 1.36. The number of ether oxygens (including phenoxy) is 2. The highest BCUT2D eigenvalue weighted by Gasteiger charge is 2.52. The summed E-state index contributed by atoms with van der Waals surface area (Å²) < 4.78 is 18.9. The summed E-state index contributed by atoms with van der Waals surface area (Å²) in [5.74, 6) is 0.381. The Morgan fingerprint density at radius 3 is 2.24 bits per heavy atom. The second kappa shape index (κ2) is 9.32. The highest BCUT2D eigenvalue weighted by molar-refractivity contribution is 6.77. The van der Waals surface area contributed by atoms with E-state index in [2.05, 4.69) is 53.7 Å². The van der Waals surface area contributed by atoms with Crippen LogP contribution in [0.5, 0.6) is 0 Å². The molecule has 4 nitrogen and oxygen atoms in total. The van der Waals surface area contributed by atoms with Gasteiger partial charge in [0.25, 0.3) is 0 Å². The lowest BCUT2D eigenvalue weighted by atomic mass is 9.93. The first kappa shape index (κ1) is 22.5. The van der Waals surface area contributed by atoms with E-state index in [4.69, 9.17) is 13.9 Å². The number of hydrogen-bond acceptors (Lipinski definition) is 4. The predicted molar refractivity (Wildman–Crippen MR) is 118 cm³/mol. The van der Waals surface area contributed by atoms with E-state index >= 15 is 0 Å². The molecule has 29 heavy (non-hydrogen) atoms. The van der Waals surface area contributed by atoms with Gasteiger partial charge >= 0.3 is 5.97 Å². The lowest BCUT2D eigenvalue weighted by Crippen LogP contribution is -2.49. The van der Waals surface area contributed by atoms with Crippen LogP contribution in [0.4, 0.5) is 0 Å². The Labute approximate surface area is 177 Å². The number of benzene rings is 1. The van der Waals surface area contributed by atoms with Crippen molar-refractivity contribution in [3.05, 3.63) is 35.9 Å². The monoisotopic (exact) mass is 418 g/mol. The molecule has 1 aromatic carbocycles. The zero-order valence-corrected chi connectivity index (χ0v) is 19.9. The Bertz CT molecular complexity index is 651. The average Bonchev–Trinajstić information content (AvgIpc) is 3.16. The van der Waals surface area contributed by atoms with Gasteiger partial charge in [-0.15, -0.1) is 0 Å². The van der Waals surface area contributed by atoms with Crippen molar-refractivity contribution >= 4 is 14.3 Å². The minimum absolute atomic E-state index is 0.00918. The largest absolute Gasteiger partial charge is 0.462 e. The van der Waals surface area contributed by atoms with Crippen molar-refractivity contribution in [2.45, 2.75) is 89.8 Å². The van der Waals surface area contributed by atoms with Crippen LogP contribution in [0.3, 0.4) is 0 Å². The number of esters is 1. The van der Waals surface area contributed by atoms with Crippen molar-refractivity contribution in [3.63, 3.8) is 0 Å². The van der Waals surface area contributed by atoms with E-state index in [0.29, 0.717) is 36.3 Å². The Kier molecular flexibility index (Phi) is 7.23. The molecule has 0 amide bonds. The molecule has 4 atom stereocenters. The quantitative estimate of drug-likeness (QED) is 0.380. The standard InChI is InChI=1S/C24H38O4Si/c1-16(2)29(17(3)4,18(5)6)27-15-21-20-12-24(25)28-23(20)13-22(21)26-14-19-10-8-7-9-11-19/h7-11,16-18,20-23H,12-15H2,1-6H3. The van der Waals surface area contributed by atoms with Gasteiger partial charge in [0.05, 0.1) is 19.1 Å². The molecule has 1 aliphatic carbocycles. The van der Waals surface area contributed by atoms with E-state index in [1.807, 2.05) is 18.2 Å². The van der Waals surface area contributed by atoms with E-state index in [0.717, 1.165) is 6.42 Å². The third-order valence-corrected chi connectivity index (χ3v) is 13.3. The van der Waals surface area contributed by atoms with E-state index in [-0.39, 0.29) is 30.0 Å². The third-order valence-electron chi connectivity index (χ3n) is 7.19. The summed E-state index contributed by atoms with van der Waals surface area (Å²) in [6, 6.07) is 10.3. The first-order valence-corrected chi connectivity index (χ1v) is 13.4. The molecule has 1 heterocycles. The van der Waals surface area contributed by atoms with Gasteiger partial charge in [-0.1, -0.05) is 71.9 Å². The zero-order valence-electron chi connectivity index (χ0n) is 18.9. The van der Waals surface area contributed by atoms with Gasteiger partial charge < -0.3 is 13.9 Å². The first-order valence-electron chi connectivity index (χ1n) is 11.2. The second-order valence-electron chi connectivity index (χ2n) is 9.76. The summed E-state index contributed by atoms with van der Waals surface area (Å²) in [7, 11) is -1.95. The molecule has 5 heteroatoms. The van der Waals surface area contributed by atoms with Crippen LogP contribution in [0.2, 0.25) is 16.6 Å². The SMILES string of the molecule is CC(C)[Si](OCC1C(OCc2ccccc2)CC2OC(=O)CC21)(C(C)C)C(C)C. The summed E-state index contributed by atoms with van der Waals surface area (Å²) >= 11 is 0. The van der Waals surface area contributed by atoms with Crippen LogP contribution in [0, 0.1) is 11.8 Å². The maximum absolute atomic E-state index is 11.9. The van der Waals surface area contributed by atoms with Crippen LogP contribution in [-0.2, 0) is 25.3 Å². The van der Waals surface area contributed by atoms with Crippen LogP contribution < -0.4 is 0 Å². The van der Waals surface area contributed by atoms with Gasteiger partial charge in [-0.25, -0.2) is 0 Å². The van der Waals surface area contributed by atoms with E-state index < -0.39 is 8.32 Å². The fourth-order valence-corrected chi connectivity index (χ4v) is 11.4. The van der Waals surface area contributed by atoms with Crippen molar-refractivity contribution in [2.24, 2.45) is 11.8 Å². The van der Waals surface area contributed by atoms with Crippen molar-refractivity contribution in [1.29, 1.82) is 0 Å². The highest BCUT2D eigenvalue weighted by Crippen LogP contribution is 2.46.